The van der Waals surface area contributed by atoms with E-state index in [2.05, 4.69) is 60.3 Å². The third kappa shape index (κ3) is 3.18. The van der Waals surface area contributed by atoms with E-state index < -0.39 is 0 Å². The quantitative estimate of drug-likeness (QED) is 0.833. The summed E-state index contributed by atoms with van der Waals surface area (Å²) in [6.07, 6.45) is 7.87. The van der Waals surface area contributed by atoms with Crippen LogP contribution in [-0.2, 0) is 0 Å². The summed E-state index contributed by atoms with van der Waals surface area (Å²) in [5.41, 5.74) is 1.36. The van der Waals surface area contributed by atoms with Gasteiger partial charge in [-0.2, -0.15) is 0 Å². The first-order valence-electron chi connectivity index (χ1n) is 7.30. The molecule has 3 unspecified atom stereocenters. The number of nitrogens with zero attached hydrogens (tertiary/aromatic N) is 1. The van der Waals surface area contributed by atoms with Gasteiger partial charge >= 0.3 is 0 Å². The van der Waals surface area contributed by atoms with Crippen LogP contribution in [0, 0.1) is 12.3 Å². The Morgan fingerprint density at radius 1 is 1.37 bits per heavy atom. The Balaban J connectivity index is 2.14. The van der Waals surface area contributed by atoms with Crippen LogP contribution in [0.15, 0.2) is 30.3 Å². The molecular weight excluding hydrogens is 232 g/mol. The molecule has 1 heterocycles. The van der Waals surface area contributed by atoms with Gasteiger partial charge in [0.25, 0.3) is 0 Å². The Kier molecular flexibility index (Phi) is 5.01. The van der Waals surface area contributed by atoms with Gasteiger partial charge in [-0.25, -0.2) is 0 Å². The molecule has 0 amide bonds. The predicted molar refractivity (Wildman–Crippen MR) is 80.9 cm³/mol. The first-order valence-corrected chi connectivity index (χ1v) is 7.30. The second-order valence-electron chi connectivity index (χ2n) is 5.22. The smallest absolute Gasteiger partial charge is 0.0712 e. The summed E-state index contributed by atoms with van der Waals surface area (Å²) in [6, 6.07) is 11.9. The maximum absolute atomic E-state index is 5.70. The zero-order valence-corrected chi connectivity index (χ0v) is 12.0. The minimum absolute atomic E-state index is 0.262. The Morgan fingerprint density at radius 3 is 2.68 bits per heavy atom. The Labute approximate surface area is 117 Å². The van der Waals surface area contributed by atoms with Crippen molar-refractivity contribution in [2.24, 2.45) is 0 Å². The molecule has 0 saturated carbocycles. The van der Waals surface area contributed by atoms with E-state index in [9.17, 15) is 0 Å². The van der Waals surface area contributed by atoms with Crippen molar-refractivity contribution in [3.8, 4) is 12.3 Å². The minimum atomic E-state index is 0.262. The van der Waals surface area contributed by atoms with Crippen LogP contribution in [0.2, 0.25) is 0 Å². The topological polar surface area (TPSA) is 15.3 Å². The average molecular weight is 256 g/mol. The van der Waals surface area contributed by atoms with Crippen LogP contribution in [0.4, 0.5) is 0 Å². The Hall–Kier alpha value is -1.30. The highest BCUT2D eigenvalue weighted by molar-refractivity contribution is 5.20. The van der Waals surface area contributed by atoms with Crippen LogP contribution in [0.25, 0.3) is 0 Å². The van der Waals surface area contributed by atoms with Crippen molar-refractivity contribution in [1.29, 1.82) is 0 Å². The molecule has 1 N–H and O–H groups in total. The van der Waals surface area contributed by atoms with Crippen molar-refractivity contribution >= 4 is 0 Å². The molecule has 1 saturated heterocycles. The maximum Gasteiger partial charge on any atom is 0.0712 e. The lowest BCUT2D eigenvalue weighted by Gasteiger charge is -2.43. The molecule has 2 nitrogen and oxygen atoms in total. The third-order valence-corrected chi connectivity index (χ3v) is 4.11. The van der Waals surface area contributed by atoms with Crippen LogP contribution >= 0.6 is 0 Å². The Morgan fingerprint density at radius 2 is 2.11 bits per heavy atom. The van der Waals surface area contributed by atoms with Crippen molar-refractivity contribution in [1.82, 2.24) is 10.2 Å². The van der Waals surface area contributed by atoms with Crippen LogP contribution in [-0.4, -0.2) is 30.1 Å². The van der Waals surface area contributed by atoms with E-state index in [0.29, 0.717) is 12.1 Å². The van der Waals surface area contributed by atoms with Gasteiger partial charge in [-0.3, -0.25) is 4.90 Å². The second kappa shape index (κ2) is 6.75. The normalized spacial score (nSPS) is 25.7. The number of piperazine rings is 1. The summed E-state index contributed by atoms with van der Waals surface area (Å²) in [5.74, 6) is 2.96. The van der Waals surface area contributed by atoms with Crippen LogP contribution in [0.5, 0.6) is 0 Å². The summed E-state index contributed by atoms with van der Waals surface area (Å²) in [5, 5.41) is 3.66. The van der Waals surface area contributed by atoms with E-state index >= 15 is 0 Å². The molecule has 0 spiro atoms. The molecule has 0 aromatic heterocycles. The number of hydrogen-bond donors (Lipinski definition) is 1. The molecule has 102 valence electrons. The van der Waals surface area contributed by atoms with Crippen LogP contribution in [0.3, 0.4) is 0 Å². The van der Waals surface area contributed by atoms with Gasteiger partial charge in [-0.15, -0.1) is 6.42 Å². The van der Waals surface area contributed by atoms with Gasteiger partial charge in [-0.05, 0) is 18.4 Å². The fraction of sp³-hybridized carbons (Fsp3) is 0.529. The van der Waals surface area contributed by atoms with Crippen molar-refractivity contribution < 1.29 is 0 Å². The Bertz CT molecular complexity index is 421. The van der Waals surface area contributed by atoms with E-state index in [-0.39, 0.29) is 6.04 Å². The summed E-state index contributed by atoms with van der Waals surface area (Å²) >= 11 is 0. The van der Waals surface area contributed by atoms with Gasteiger partial charge in [0, 0.05) is 25.2 Å². The number of rotatable bonds is 4. The van der Waals surface area contributed by atoms with Gasteiger partial charge in [0.05, 0.1) is 6.04 Å². The van der Waals surface area contributed by atoms with E-state index in [1.807, 2.05) is 0 Å². The summed E-state index contributed by atoms with van der Waals surface area (Å²) in [4.78, 5) is 2.51. The second-order valence-corrected chi connectivity index (χ2v) is 5.22. The zero-order valence-electron chi connectivity index (χ0n) is 12.0. The van der Waals surface area contributed by atoms with Crippen LogP contribution in [0.1, 0.15) is 38.3 Å². The standard InChI is InChI=1S/C17H24N2/c1-4-15(5-2)19-13-17(18-12-16(19)6-3)14-10-8-7-9-11-14/h1,7-11,15-18H,5-6,12-13H2,2-3H3. The average Bonchev–Trinajstić information content (AvgIpc) is 2.49. The summed E-state index contributed by atoms with van der Waals surface area (Å²) < 4.78 is 0. The van der Waals surface area contributed by atoms with E-state index in [4.69, 9.17) is 6.42 Å². The van der Waals surface area contributed by atoms with E-state index in [0.717, 1.165) is 25.9 Å². The molecule has 0 bridgehead atoms. The first-order chi connectivity index (χ1) is 9.30. The fourth-order valence-corrected chi connectivity index (χ4v) is 2.94. The molecule has 3 atom stereocenters. The molecule has 1 fully saturated rings. The molecule has 1 aliphatic rings. The van der Waals surface area contributed by atoms with E-state index in [1.54, 1.807) is 0 Å². The summed E-state index contributed by atoms with van der Waals surface area (Å²) in [7, 11) is 0. The lowest BCUT2D eigenvalue weighted by atomic mass is 9.98. The van der Waals surface area contributed by atoms with Crippen molar-refractivity contribution in [2.45, 2.75) is 44.8 Å². The van der Waals surface area contributed by atoms with Gasteiger partial charge in [0.1, 0.15) is 0 Å². The molecule has 0 radical (unpaired) electrons. The predicted octanol–water partition coefficient (Wildman–Crippen LogP) is 2.82. The first kappa shape index (κ1) is 14.1. The molecule has 2 rings (SSSR count). The van der Waals surface area contributed by atoms with Gasteiger partial charge < -0.3 is 5.32 Å². The maximum atomic E-state index is 5.70. The number of benzene rings is 1. The van der Waals surface area contributed by atoms with Gasteiger partial charge in [-0.1, -0.05) is 50.1 Å². The molecule has 1 aromatic carbocycles. The molecule has 2 heteroatoms. The summed E-state index contributed by atoms with van der Waals surface area (Å²) in [6.45, 7) is 6.45. The van der Waals surface area contributed by atoms with Gasteiger partial charge in [0.2, 0.25) is 0 Å². The fourth-order valence-electron chi connectivity index (χ4n) is 2.94. The van der Waals surface area contributed by atoms with E-state index in [1.165, 1.54) is 5.56 Å². The van der Waals surface area contributed by atoms with Crippen molar-refractivity contribution in [2.75, 3.05) is 13.1 Å². The number of nitrogens with one attached hydrogen (secondary N) is 1. The highest BCUT2D eigenvalue weighted by Gasteiger charge is 2.30. The van der Waals surface area contributed by atoms with Crippen molar-refractivity contribution in [3.63, 3.8) is 0 Å². The lowest BCUT2D eigenvalue weighted by Crippen LogP contribution is -2.55. The van der Waals surface area contributed by atoms with Crippen LogP contribution < -0.4 is 5.32 Å². The molecule has 1 aliphatic heterocycles. The molecule has 0 aliphatic carbocycles. The molecule has 1 aromatic rings. The monoisotopic (exact) mass is 256 g/mol. The number of terminal acetylenes is 1. The highest BCUT2D eigenvalue weighted by Crippen LogP contribution is 2.23. The van der Waals surface area contributed by atoms with Gasteiger partial charge in [0.15, 0.2) is 0 Å². The van der Waals surface area contributed by atoms with Crippen molar-refractivity contribution in [3.05, 3.63) is 35.9 Å². The number of hydrogen-bond acceptors (Lipinski definition) is 2. The highest BCUT2D eigenvalue weighted by atomic mass is 15.2. The lowest BCUT2D eigenvalue weighted by molar-refractivity contribution is 0.100. The molecular formula is C17H24N2. The molecule has 19 heavy (non-hydrogen) atoms. The third-order valence-electron chi connectivity index (χ3n) is 4.11. The zero-order chi connectivity index (χ0) is 13.7. The largest absolute Gasteiger partial charge is 0.307 e. The minimum Gasteiger partial charge on any atom is -0.307 e. The SMILES string of the molecule is C#CC(CC)N1CC(c2ccccc2)NCC1CC.